The van der Waals surface area contributed by atoms with E-state index in [1.54, 1.807) is 31.0 Å². The SMILES string of the molecule is C=CNC(C)CCc1nc2c(-c3ccc(-c4ncc[nH]4)nc3)cnn2c(N)c1C(C)=O. The molecule has 0 aromatic carbocycles. The highest BCUT2D eigenvalue weighted by molar-refractivity contribution is 6.00. The number of pyridine rings is 1. The summed E-state index contributed by atoms with van der Waals surface area (Å²) in [6, 6.07) is 4.02. The average Bonchev–Trinajstić information content (AvgIpc) is 3.43. The van der Waals surface area contributed by atoms with E-state index >= 15 is 0 Å². The summed E-state index contributed by atoms with van der Waals surface area (Å²) in [4.78, 5) is 28.9. The van der Waals surface area contributed by atoms with Crippen molar-refractivity contribution in [2.45, 2.75) is 32.7 Å². The van der Waals surface area contributed by atoms with Crippen LogP contribution in [0.15, 0.2) is 49.7 Å². The molecule has 4 rings (SSSR count). The van der Waals surface area contributed by atoms with Gasteiger partial charge in [-0.05, 0) is 39.0 Å². The van der Waals surface area contributed by atoms with Gasteiger partial charge in [0.2, 0.25) is 0 Å². The highest BCUT2D eigenvalue weighted by Crippen LogP contribution is 2.28. The first-order valence-electron chi connectivity index (χ1n) is 9.99. The number of aromatic nitrogens is 6. The van der Waals surface area contributed by atoms with E-state index < -0.39 is 0 Å². The minimum atomic E-state index is -0.132. The zero-order valence-corrected chi connectivity index (χ0v) is 17.5. The third-order valence-electron chi connectivity index (χ3n) is 5.14. The molecule has 0 bridgehead atoms. The van der Waals surface area contributed by atoms with Crippen LogP contribution < -0.4 is 11.1 Å². The van der Waals surface area contributed by atoms with Crippen molar-refractivity contribution in [3.63, 3.8) is 0 Å². The average molecular weight is 416 g/mol. The van der Waals surface area contributed by atoms with Gasteiger partial charge in [0.25, 0.3) is 0 Å². The fourth-order valence-corrected chi connectivity index (χ4v) is 3.57. The zero-order valence-electron chi connectivity index (χ0n) is 17.5. The van der Waals surface area contributed by atoms with Crippen LogP contribution in [0.1, 0.15) is 36.3 Å². The van der Waals surface area contributed by atoms with Crippen molar-refractivity contribution in [3.05, 3.63) is 61.0 Å². The van der Waals surface area contributed by atoms with Crippen LogP contribution in [0.4, 0.5) is 5.82 Å². The molecule has 0 aliphatic heterocycles. The molecule has 9 nitrogen and oxygen atoms in total. The molecule has 0 spiro atoms. The number of carbonyl (C=O) groups is 1. The van der Waals surface area contributed by atoms with E-state index in [1.165, 1.54) is 11.4 Å². The van der Waals surface area contributed by atoms with Gasteiger partial charge < -0.3 is 16.0 Å². The molecule has 1 atom stereocenters. The fraction of sp³-hybridized carbons (Fsp3) is 0.227. The molecule has 0 saturated carbocycles. The Kier molecular flexibility index (Phi) is 5.48. The number of hydrogen-bond donors (Lipinski definition) is 3. The molecular formula is C22H24N8O. The van der Waals surface area contributed by atoms with Gasteiger partial charge in [-0.1, -0.05) is 12.6 Å². The monoisotopic (exact) mass is 416 g/mol. The molecule has 9 heteroatoms. The zero-order chi connectivity index (χ0) is 22.0. The van der Waals surface area contributed by atoms with Crippen molar-refractivity contribution in [1.82, 2.24) is 34.9 Å². The molecular weight excluding hydrogens is 392 g/mol. The van der Waals surface area contributed by atoms with Crippen LogP contribution in [0, 0.1) is 0 Å². The number of nitrogens with zero attached hydrogens (tertiary/aromatic N) is 5. The largest absolute Gasteiger partial charge is 0.389 e. The number of ketones is 1. The van der Waals surface area contributed by atoms with Crippen LogP contribution in [-0.2, 0) is 6.42 Å². The van der Waals surface area contributed by atoms with E-state index in [2.05, 4.69) is 31.9 Å². The summed E-state index contributed by atoms with van der Waals surface area (Å²) >= 11 is 0. The summed E-state index contributed by atoms with van der Waals surface area (Å²) in [6.45, 7) is 7.24. The normalized spacial score (nSPS) is 12.1. The number of nitrogens with two attached hydrogens (primary N) is 1. The summed E-state index contributed by atoms with van der Waals surface area (Å²) in [6.07, 6.45) is 9.91. The molecule has 0 aliphatic carbocycles. The summed E-state index contributed by atoms with van der Waals surface area (Å²) in [5.41, 5.74) is 10.4. The van der Waals surface area contributed by atoms with Crippen molar-refractivity contribution in [2.75, 3.05) is 5.73 Å². The number of anilines is 1. The fourth-order valence-electron chi connectivity index (χ4n) is 3.57. The first-order valence-corrected chi connectivity index (χ1v) is 9.99. The Morgan fingerprint density at radius 3 is 2.84 bits per heavy atom. The van der Waals surface area contributed by atoms with Crippen molar-refractivity contribution in [1.29, 1.82) is 0 Å². The topological polar surface area (TPSA) is 127 Å². The third-order valence-corrected chi connectivity index (χ3v) is 5.14. The van der Waals surface area contributed by atoms with Crippen molar-refractivity contribution in [2.24, 2.45) is 0 Å². The standard InChI is InChI=1S/C22H24N8O/c1-4-24-13(2)5-7-17-19(14(3)31)20(23)30-22(29-17)16(12-28-30)15-6-8-18(27-11-15)21-25-9-10-26-21/h4,6,8-13,24H,1,5,7,23H2,2-3H3,(H,25,26). The highest BCUT2D eigenvalue weighted by atomic mass is 16.1. The van der Waals surface area contributed by atoms with Crippen LogP contribution in [0.5, 0.6) is 0 Å². The second kappa shape index (κ2) is 8.39. The maximum Gasteiger partial charge on any atom is 0.165 e. The lowest BCUT2D eigenvalue weighted by molar-refractivity contribution is 0.101. The maximum absolute atomic E-state index is 12.3. The molecule has 4 aromatic rings. The van der Waals surface area contributed by atoms with E-state index in [9.17, 15) is 4.79 Å². The molecule has 0 amide bonds. The van der Waals surface area contributed by atoms with E-state index in [-0.39, 0.29) is 11.8 Å². The Bertz CT molecular complexity index is 1220. The molecule has 158 valence electrons. The van der Waals surface area contributed by atoms with Crippen LogP contribution >= 0.6 is 0 Å². The van der Waals surface area contributed by atoms with Crippen LogP contribution in [0.2, 0.25) is 0 Å². The molecule has 0 radical (unpaired) electrons. The van der Waals surface area contributed by atoms with Crippen molar-refractivity contribution in [3.8, 4) is 22.6 Å². The Morgan fingerprint density at radius 2 is 2.19 bits per heavy atom. The van der Waals surface area contributed by atoms with Gasteiger partial charge in [0.15, 0.2) is 17.3 Å². The number of H-pyrrole nitrogens is 1. The summed E-state index contributed by atoms with van der Waals surface area (Å²) < 4.78 is 1.52. The van der Waals surface area contributed by atoms with Gasteiger partial charge in [0, 0.05) is 35.8 Å². The number of rotatable bonds is 8. The number of hydrogen-bond acceptors (Lipinski definition) is 7. The predicted molar refractivity (Wildman–Crippen MR) is 119 cm³/mol. The van der Waals surface area contributed by atoms with Gasteiger partial charge in [0.1, 0.15) is 11.5 Å². The van der Waals surface area contributed by atoms with Crippen molar-refractivity contribution < 1.29 is 4.79 Å². The Hall–Kier alpha value is -4.01. The highest BCUT2D eigenvalue weighted by Gasteiger charge is 2.20. The van der Waals surface area contributed by atoms with Gasteiger partial charge in [-0.15, -0.1) is 0 Å². The van der Waals surface area contributed by atoms with Gasteiger partial charge in [-0.25, -0.2) is 9.97 Å². The summed E-state index contributed by atoms with van der Waals surface area (Å²) in [5, 5.41) is 7.53. The number of nitrogen functional groups attached to an aromatic ring is 1. The molecule has 0 saturated heterocycles. The first-order chi connectivity index (χ1) is 15.0. The minimum Gasteiger partial charge on any atom is -0.389 e. The number of carbonyl (C=O) groups excluding carboxylic acids is 1. The number of aromatic amines is 1. The van der Waals surface area contributed by atoms with Gasteiger partial charge in [-0.2, -0.15) is 9.61 Å². The van der Waals surface area contributed by atoms with Crippen LogP contribution in [0.3, 0.4) is 0 Å². The molecule has 0 aliphatic rings. The Morgan fingerprint density at radius 1 is 1.35 bits per heavy atom. The van der Waals surface area contributed by atoms with Gasteiger partial charge in [-0.3, -0.25) is 9.78 Å². The molecule has 4 N–H and O–H groups in total. The number of nitrogens with one attached hydrogen (secondary N) is 2. The van der Waals surface area contributed by atoms with E-state index in [0.717, 1.165) is 23.2 Å². The number of Topliss-reactive ketones (excluding diaryl/α,β-unsaturated/α-hetero) is 1. The van der Waals surface area contributed by atoms with E-state index in [1.807, 2.05) is 19.1 Å². The minimum absolute atomic E-state index is 0.132. The smallest absolute Gasteiger partial charge is 0.165 e. The number of fused-ring (bicyclic) bond motifs is 1. The Labute approximate surface area is 179 Å². The third kappa shape index (κ3) is 3.89. The number of aryl methyl sites for hydroxylation is 1. The molecule has 31 heavy (non-hydrogen) atoms. The molecule has 0 fully saturated rings. The predicted octanol–water partition coefficient (Wildman–Crippen LogP) is 3.02. The molecule has 1 unspecified atom stereocenters. The Balaban J connectivity index is 1.75. The maximum atomic E-state index is 12.3. The summed E-state index contributed by atoms with van der Waals surface area (Å²) in [5.74, 6) is 0.862. The van der Waals surface area contributed by atoms with Gasteiger partial charge in [0.05, 0.1) is 17.5 Å². The second-order valence-corrected chi connectivity index (χ2v) is 7.35. The number of imidazole rings is 1. The lowest BCUT2D eigenvalue weighted by Gasteiger charge is -2.14. The van der Waals surface area contributed by atoms with E-state index in [0.29, 0.717) is 35.0 Å². The van der Waals surface area contributed by atoms with Crippen LogP contribution in [-0.4, -0.2) is 41.4 Å². The molecule has 4 aromatic heterocycles. The lowest BCUT2D eigenvalue weighted by Crippen LogP contribution is -2.22. The first kappa shape index (κ1) is 20.3. The summed E-state index contributed by atoms with van der Waals surface area (Å²) in [7, 11) is 0. The van der Waals surface area contributed by atoms with Gasteiger partial charge >= 0.3 is 0 Å². The van der Waals surface area contributed by atoms with E-state index in [4.69, 9.17) is 10.7 Å². The lowest BCUT2D eigenvalue weighted by atomic mass is 10.0. The van der Waals surface area contributed by atoms with Crippen LogP contribution in [0.25, 0.3) is 28.3 Å². The quantitative estimate of drug-likeness (QED) is 0.377. The van der Waals surface area contributed by atoms with Crippen molar-refractivity contribution >= 4 is 17.2 Å². The molecule has 4 heterocycles. The second-order valence-electron chi connectivity index (χ2n) is 7.35.